The molecule has 4 rings (SSSR count). The van der Waals surface area contributed by atoms with Gasteiger partial charge in [0.25, 0.3) is 0 Å². The average Bonchev–Trinajstić information content (AvgIpc) is 2.90. The number of hydrogen-bond acceptors (Lipinski definition) is 6. The molecule has 4 nitrogen and oxygen atoms in total. The van der Waals surface area contributed by atoms with Crippen LogP contribution in [0.25, 0.3) is 0 Å². The largest absolute Gasteiger partial charge is 0.490 e. The van der Waals surface area contributed by atoms with Gasteiger partial charge in [-0.05, 0) is 19.4 Å². The van der Waals surface area contributed by atoms with E-state index in [0.717, 1.165) is 40.0 Å². The molecule has 22 heavy (non-hydrogen) atoms. The molecule has 0 N–H and O–H groups in total. The van der Waals surface area contributed by atoms with Gasteiger partial charge in [-0.15, -0.1) is 11.8 Å². The molecule has 0 saturated heterocycles. The quantitative estimate of drug-likeness (QED) is 0.838. The van der Waals surface area contributed by atoms with Crippen LogP contribution in [0.1, 0.15) is 11.4 Å². The molecule has 0 aliphatic carbocycles. The van der Waals surface area contributed by atoms with E-state index in [2.05, 4.69) is 22.1 Å². The van der Waals surface area contributed by atoms with Gasteiger partial charge >= 0.3 is 0 Å². The minimum atomic E-state index is 0.442. The summed E-state index contributed by atoms with van der Waals surface area (Å²) >= 11 is 3.55. The Bertz CT molecular complexity index is 709. The maximum Gasteiger partial charge on any atom is 0.151 e. The number of nitrogens with zero attached hydrogens (tertiary/aromatic N) is 2. The molecule has 2 aliphatic rings. The lowest BCUT2D eigenvalue weighted by Gasteiger charge is -2.13. The second-order valence-corrected chi connectivity index (χ2v) is 7.52. The fourth-order valence-electron chi connectivity index (χ4n) is 2.57. The number of aromatic nitrogens is 2. The Morgan fingerprint density at radius 1 is 1.09 bits per heavy atom. The molecule has 2 aliphatic heterocycles. The summed E-state index contributed by atoms with van der Waals surface area (Å²) in [6.07, 6.45) is 4.67. The number of thioether (sulfide) groups is 2. The van der Waals surface area contributed by atoms with Crippen LogP contribution in [0.4, 0.5) is 0 Å². The highest BCUT2D eigenvalue weighted by atomic mass is 32.2. The van der Waals surface area contributed by atoms with Gasteiger partial charge in [-0.25, -0.2) is 0 Å². The van der Waals surface area contributed by atoms with Crippen LogP contribution in [0, 0.1) is 12.8 Å². The lowest BCUT2D eigenvalue weighted by Crippen LogP contribution is -2.16. The van der Waals surface area contributed by atoms with Crippen LogP contribution in [0.2, 0.25) is 0 Å². The van der Waals surface area contributed by atoms with Crippen LogP contribution in [0.3, 0.4) is 0 Å². The molecule has 0 bridgehead atoms. The molecule has 0 aromatic carbocycles. The Morgan fingerprint density at radius 2 is 2.05 bits per heavy atom. The summed E-state index contributed by atoms with van der Waals surface area (Å²) in [5.41, 5.74) is 2.11. The number of aryl methyl sites for hydroxylation is 1. The SMILES string of the molecule is Cc1cc2c(cn1)OCC(Cc1cc3c(cn1)SCO3)CS2. The maximum absolute atomic E-state index is 5.93. The molecule has 0 radical (unpaired) electrons. The number of fused-ring (bicyclic) bond motifs is 2. The molecule has 0 fully saturated rings. The summed E-state index contributed by atoms with van der Waals surface area (Å²) < 4.78 is 11.5. The van der Waals surface area contributed by atoms with Crippen molar-refractivity contribution < 1.29 is 9.47 Å². The van der Waals surface area contributed by atoms with Crippen molar-refractivity contribution in [3.63, 3.8) is 0 Å². The highest BCUT2D eigenvalue weighted by Crippen LogP contribution is 2.37. The van der Waals surface area contributed by atoms with Crippen molar-refractivity contribution >= 4 is 23.5 Å². The Labute approximate surface area is 138 Å². The normalized spacial score (nSPS) is 19.6. The van der Waals surface area contributed by atoms with Gasteiger partial charge in [-0.2, -0.15) is 0 Å². The van der Waals surface area contributed by atoms with Gasteiger partial charge in [0.1, 0.15) is 11.7 Å². The second-order valence-electron chi connectivity index (χ2n) is 5.49. The van der Waals surface area contributed by atoms with Crippen molar-refractivity contribution in [1.82, 2.24) is 9.97 Å². The summed E-state index contributed by atoms with van der Waals surface area (Å²) in [5, 5.41) is 0. The number of ether oxygens (including phenoxy) is 2. The number of rotatable bonds is 2. The topological polar surface area (TPSA) is 44.2 Å². The molecule has 0 amide bonds. The molecule has 1 atom stereocenters. The monoisotopic (exact) mass is 332 g/mol. The molecule has 114 valence electrons. The first kappa shape index (κ1) is 14.2. The third-order valence-corrected chi connectivity index (χ3v) is 5.85. The Morgan fingerprint density at radius 3 is 3.00 bits per heavy atom. The first-order valence-corrected chi connectivity index (χ1v) is 9.22. The van der Waals surface area contributed by atoms with Gasteiger partial charge in [0, 0.05) is 35.3 Å². The third-order valence-electron chi connectivity index (χ3n) is 3.73. The van der Waals surface area contributed by atoms with Gasteiger partial charge < -0.3 is 9.47 Å². The lowest BCUT2D eigenvalue weighted by atomic mass is 10.1. The summed E-state index contributed by atoms with van der Waals surface area (Å²) in [5.74, 6) is 4.05. The fraction of sp³-hybridized carbons (Fsp3) is 0.375. The molecule has 0 saturated carbocycles. The van der Waals surface area contributed by atoms with Gasteiger partial charge in [0.15, 0.2) is 5.75 Å². The fourth-order valence-corrected chi connectivity index (χ4v) is 4.41. The van der Waals surface area contributed by atoms with E-state index in [1.54, 1.807) is 11.8 Å². The van der Waals surface area contributed by atoms with Gasteiger partial charge in [0.2, 0.25) is 0 Å². The third kappa shape index (κ3) is 2.90. The highest BCUT2D eigenvalue weighted by Gasteiger charge is 2.21. The van der Waals surface area contributed by atoms with Crippen LogP contribution in [-0.4, -0.2) is 28.3 Å². The number of pyridine rings is 2. The second kappa shape index (κ2) is 6.01. The first-order chi connectivity index (χ1) is 10.8. The summed E-state index contributed by atoms with van der Waals surface area (Å²) in [7, 11) is 0. The standard InChI is InChI=1S/C16H16N2O2S2/c1-10-2-15-14(5-17-10)19-7-11(8-21-15)3-12-4-13-16(6-18-12)22-9-20-13/h2,4-6,11H,3,7-9H2,1H3. The van der Waals surface area contributed by atoms with Crippen LogP contribution >= 0.6 is 23.5 Å². The lowest BCUT2D eigenvalue weighted by molar-refractivity contribution is 0.258. The minimum Gasteiger partial charge on any atom is -0.490 e. The van der Waals surface area contributed by atoms with E-state index in [0.29, 0.717) is 18.5 Å². The number of hydrogen-bond donors (Lipinski definition) is 0. The molecule has 2 aromatic heterocycles. The van der Waals surface area contributed by atoms with Gasteiger partial charge in [-0.3, -0.25) is 9.97 Å². The van der Waals surface area contributed by atoms with Crippen molar-refractivity contribution in [3.8, 4) is 11.5 Å². The maximum atomic E-state index is 5.93. The molecular weight excluding hydrogens is 316 g/mol. The van der Waals surface area contributed by atoms with E-state index in [4.69, 9.17) is 9.47 Å². The van der Waals surface area contributed by atoms with E-state index in [-0.39, 0.29) is 0 Å². The van der Waals surface area contributed by atoms with Crippen LogP contribution in [0.15, 0.2) is 34.3 Å². The van der Waals surface area contributed by atoms with Crippen molar-refractivity contribution in [3.05, 3.63) is 35.9 Å². The van der Waals surface area contributed by atoms with Crippen LogP contribution in [0.5, 0.6) is 11.5 Å². The van der Waals surface area contributed by atoms with Gasteiger partial charge in [0.05, 0.1) is 22.6 Å². The molecular formula is C16H16N2O2S2. The van der Waals surface area contributed by atoms with Crippen molar-refractivity contribution in [2.75, 3.05) is 18.3 Å². The zero-order valence-electron chi connectivity index (χ0n) is 12.2. The van der Waals surface area contributed by atoms with E-state index in [1.807, 2.05) is 31.1 Å². The van der Waals surface area contributed by atoms with Crippen LogP contribution in [-0.2, 0) is 6.42 Å². The molecule has 1 unspecified atom stereocenters. The summed E-state index contributed by atoms with van der Waals surface area (Å²) in [4.78, 5) is 11.2. The smallest absolute Gasteiger partial charge is 0.151 e. The van der Waals surface area contributed by atoms with E-state index >= 15 is 0 Å². The zero-order chi connectivity index (χ0) is 14.9. The molecule has 0 spiro atoms. The van der Waals surface area contributed by atoms with E-state index in [1.165, 1.54) is 4.90 Å². The Balaban J connectivity index is 1.47. The predicted octanol–water partition coefficient (Wildman–Crippen LogP) is 3.57. The average molecular weight is 332 g/mol. The van der Waals surface area contributed by atoms with Crippen molar-refractivity contribution in [2.45, 2.75) is 23.1 Å². The predicted molar refractivity (Wildman–Crippen MR) is 88.0 cm³/mol. The minimum absolute atomic E-state index is 0.442. The highest BCUT2D eigenvalue weighted by molar-refractivity contribution is 7.99. The summed E-state index contributed by atoms with van der Waals surface area (Å²) in [6, 6.07) is 4.17. The Hall–Kier alpha value is -1.40. The molecule has 4 heterocycles. The zero-order valence-corrected chi connectivity index (χ0v) is 13.9. The first-order valence-electron chi connectivity index (χ1n) is 7.25. The molecule has 2 aromatic rings. The van der Waals surface area contributed by atoms with Crippen molar-refractivity contribution in [1.29, 1.82) is 0 Å². The summed E-state index contributed by atoms with van der Waals surface area (Å²) in [6.45, 7) is 2.72. The van der Waals surface area contributed by atoms with Crippen LogP contribution < -0.4 is 9.47 Å². The van der Waals surface area contributed by atoms with E-state index in [9.17, 15) is 0 Å². The van der Waals surface area contributed by atoms with Crippen molar-refractivity contribution in [2.24, 2.45) is 5.92 Å². The molecule has 6 heteroatoms. The Kier molecular flexibility index (Phi) is 3.88. The van der Waals surface area contributed by atoms with Gasteiger partial charge in [-0.1, -0.05) is 11.8 Å². The van der Waals surface area contributed by atoms with E-state index < -0.39 is 0 Å².